The molecular weight excluding hydrogens is 238 g/mol. The first-order valence-electron chi connectivity index (χ1n) is 5.56. The van der Waals surface area contributed by atoms with Crippen molar-refractivity contribution in [2.24, 2.45) is 0 Å². The lowest BCUT2D eigenvalue weighted by Crippen LogP contribution is -2.30. The van der Waals surface area contributed by atoms with Crippen molar-refractivity contribution in [1.82, 2.24) is 4.90 Å². The van der Waals surface area contributed by atoms with Gasteiger partial charge in [-0.3, -0.25) is 4.90 Å². The lowest BCUT2D eigenvalue weighted by Gasteiger charge is -2.30. The zero-order valence-corrected chi connectivity index (χ0v) is 10.7. The molecule has 0 spiro atoms. The van der Waals surface area contributed by atoms with Crippen LogP contribution in [0.3, 0.4) is 0 Å². The van der Waals surface area contributed by atoms with E-state index in [1.54, 1.807) is 11.8 Å². The van der Waals surface area contributed by atoms with Gasteiger partial charge >= 0.3 is 0 Å². The fourth-order valence-electron chi connectivity index (χ4n) is 2.47. The molecule has 0 aliphatic carbocycles. The fourth-order valence-corrected chi connectivity index (χ4v) is 3.25. The molecule has 5 heteroatoms. The van der Waals surface area contributed by atoms with Gasteiger partial charge in [-0.2, -0.15) is 0 Å². The third-order valence-electron chi connectivity index (χ3n) is 3.23. The lowest BCUT2D eigenvalue weighted by molar-refractivity contribution is 0.106. The molecule has 0 fully saturated rings. The first-order chi connectivity index (χ1) is 8.20. The van der Waals surface area contributed by atoms with Gasteiger partial charge in [-0.05, 0) is 30.5 Å². The number of hydrogen-bond acceptors (Lipinski definition) is 5. The molecule has 0 saturated heterocycles. The zero-order chi connectivity index (χ0) is 12.0. The van der Waals surface area contributed by atoms with Crippen LogP contribution in [0, 0.1) is 0 Å². The molecule has 1 aromatic rings. The number of rotatable bonds is 1. The molecule has 2 aliphatic heterocycles. The summed E-state index contributed by atoms with van der Waals surface area (Å²) in [6.07, 6.45) is 1.59. The van der Waals surface area contributed by atoms with E-state index in [2.05, 4.69) is 4.90 Å². The molecule has 17 heavy (non-hydrogen) atoms. The van der Waals surface area contributed by atoms with E-state index in [0.29, 0.717) is 6.54 Å². The maximum absolute atomic E-state index is 10.1. The van der Waals surface area contributed by atoms with Crippen molar-refractivity contribution in [1.29, 1.82) is 0 Å². The van der Waals surface area contributed by atoms with Gasteiger partial charge in [-0.1, -0.05) is 0 Å². The fraction of sp³-hybridized carbons (Fsp3) is 0.500. The van der Waals surface area contributed by atoms with E-state index in [-0.39, 0.29) is 6.79 Å². The van der Waals surface area contributed by atoms with Gasteiger partial charge in [0.05, 0.1) is 11.0 Å². The minimum atomic E-state index is -0.441. The average Bonchev–Trinajstić information content (AvgIpc) is 2.74. The van der Waals surface area contributed by atoms with Crippen LogP contribution in [0.25, 0.3) is 0 Å². The summed E-state index contributed by atoms with van der Waals surface area (Å²) in [5, 5.41) is 10.1. The van der Waals surface area contributed by atoms with Crippen LogP contribution < -0.4 is 9.47 Å². The highest BCUT2D eigenvalue weighted by Crippen LogP contribution is 2.46. The van der Waals surface area contributed by atoms with E-state index in [1.165, 1.54) is 5.56 Å². The second kappa shape index (κ2) is 4.08. The largest absolute Gasteiger partial charge is 0.454 e. The number of ether oxygens (including phenoxy) is 2. The molecule has 2 aliphatic rings. The van der Waals surface area contributed by atoms with Crippen molar-refractivity contribution >= 4 is 11.8 Å². The van der Waals surface area contributed by atoms with Gasteiger partial charge in [0.1, 0.15) is 0 Å². The van der Waals surface area contributed by atoms with Crippen molar-refractivity contribution in [3.63, 3.8) is 0 Å². The van der Waals surface area contributed by atoms with Gasteiger partial charge in [0.15, 0.2) is 11.5 Å². The van der Waals surface area contributed by atoms with Crippen LogP contribution in [0.2, 0.25) is 0 Å². The van der Waals surface area contributed by atoms with Gasteiger partial charge in [0.2, 0.25) is 6.79 Å². The van der Waals surface area contributed by atoms with Crippen LogP contribution >= 0.6 is 11.8 Å². The predicted molar refractivity (Wildman–Crippen MR) is 65.6 cm³/mol. The Morgan fingerprint density at radius 1 is 1.47 bits per heavy atom. The molecule has 1 N–H and O–H groups in total. The smallest absolute Gasteiger partial charge is 0.231 e. The molecule has 0 radical (unpaired) electrons. The second-order valence-electron chi connectivity index (χ2n) is 4.42. The summed E-state index contributed by atoms with van der Waals surface area (Å²) in [7, 11) is 2.01. The highest BCUT2D eigenvalue weighted by atomic mass is 32.2. The van der Waals surface area contributed by atoms with Crippen molar-refractivity contribution in [2.45, 2.75) is 17.5 Å². The van der Waals surface area contributed by atoms with E-state index in [0.717, 1.165) is 28.5 Å². The Morgan fingerprint density at radius 3 is 3.06 bits per heavy atom. The minimum Gasteiger partial charge on any atom is -0.454 e. The number of β-amino-alcohol motifs (C(OH)–C–C–N with tert-alkyl or cyclic N) is 1. The summed E-state index contributed by atoms with van der Waals surface area (Å²) in [6, 6.07) is 1.93. The number of aliphatic hydroxyl groups excluding tert-OH is 1. The maximum Gasteiger partial charge on any atom is 0.231 e. The molecule has 0 aromatic heterocycles. The van der Waals surface area contributed by atoms with Crippen molar-refractivity contribution < 1.29 is 14.6 Å². The highest BCUT2D eigenvalue weighted by molar-refractivity contribution is 7.98. The number of fused-ring (bicyclic) bond motifs is 2. The predicted octanol–water partition coefficient (Wildman–Crippen LogP) is 1.62. The summed E-state index contributed by atoms with van der Waals surface area (Å²) in [4.78, 5) is 3.22. The lowest BCUT2D eigenvalue weighted by atomic mass is 9.97. The van der Waals surface area contributed by atoms with E-state index in [1.807, 2.05) is 19.4 Å². The molecule has 4 nitrogen and oxygen atoms in total. The zero-order valence-electron chi connectivity index (χ0n) is 9.90. The second-order valence-corrected chi connectivity index (χ2v) is 5.24. The van der Waals surface area contributed by atoms with Crippen LogP contribution in [-0.2, 0) is 6.54 Å². The third-order valence-corrected chi connectivity index (χ3v) is 4.07. The monoisotopic (exact) mass is 253 g/mol. The van der Waals surface area contributed by atoms with Gasteiger partial charge in [-0.25, -0.2) is 0 Å². The summed E-state index contributed by atoms with van der Waals surface area (Å²) in [6.45, 7) is 1.79. The molecule has 1 atom stereocenters. The van der Waals surface area contributed by atoms with Crippen molar-refractivity contribution in [3.05, 3.63) is 17.2 Å². The number of aliphatic hydroxyl groups is 1. The molecule has 1 unspecified atom stereocenters. The molecule has 0 saturated carbocycles. The van der Waals surface area contributed by atoms with Crippen LogP contribution in [0.5, 0.6) is 11.5 Å². The van der Waals surface area contributed by atoms with E-state index in [4.69, 9.17) is 9.47 Å². The maximum atomic E-state index is 10.1. The summed E-state index contributed by atoms with van der Waals surface area (Å²) < 4.78 is 10.9. The van der Waals surface area contributed by atoms with Crippen molar-refractivity contribution in [3.8, 4) is 11.5 Å². The first-order valence-corrected chi connectivity index (χ1v) is 6.79. The van der Waals surface area contributed by atoms with Crippen LogP contribution in [0.4, 0.5) is 0 Å². The third kappa shape index (κ3) is 1.69. The molecule has 2 heterocycles. The SMILES string of the molecule is CSc1c2c(cc3c1OCO3)C(O)CN(C)C2. The number of hydrogen-bond donors (Lipinski definition) is 1. The number of thioether (sulfide) groups is 1. The van der Waals surface area contributed by atoms with Gasteiger partial charge in [-0.15, -0.1) is 11.8 Å². The average molecular weight is 253 g/mol. The Morgan fingerprint density at radius 2 is 2.29 bits per heavy atom. The first kappa shape index (κ1) is 11.2. The molecule has 92 valence electrons. The molecule has 0 amide bonds. The van der Waals surface area contributed by atoms with Crippen LogP contribution in [0.1, 0.15) is 17.2 Å². The topological polar surface area (TPSA) is 41.9 Å². The van der Waals surface area contributed by atoms with E-state index >= 15 is 0 Å². The number of nitrogens with zero attached hydrogens (tertiary/aromatic N) is 1. The summed E-state index contributed by atoms with van der Waals surface area (Å²) >= 11 is 1.65. The Hall–Kier alpha value is -0.910. The summed E-state index contributed by atoms with van der Waals surface area (Å²) in [5.74, 6) is 1.59. The highest BCUT2D eigenvalue weighted by Gasteiger charge is 2.30. The summed E-state index contributed by atoms with van der Waals surface area (Å²) in [5.41, 5.74) is 2.15. The Labute approximate surface area is 105 Å². The van der Waals surface area contributed by atoms with Gasteiger partial charge in [0.25, 0.3) is 0 Å². The molecule has 0 bridgehead atoms. The standard InChI is InChI=1S/C12H15NO3S/c1-13-4-8-7(9(14)5-13)3-10-11(12(8)17-2)16-6-15-10/h3,9,14H,4-6H2,1-2H3. The molecule has 3 rings (SSSR count). The minimum absolute atomic E-state index is 0.276. The Bertz CT molecular complexity index is 464. The Balaban J connectivity index is 2.19. The Kier molecular flexibility index (Phi) is 2.69. The van der Waals surface area contributed by atoms with Gasteiger partial charge in [0, 0.05) is 13.1 Å². The van der Waals surface area contributed by atoms with E-state index < -0.39 is 6.10 Å². The normalized spacial score (nSPS) is 22.6. The van der Waals surface area contributed by atoms with Crippen LogP contribution in [0.15, 0.2) is 11.0 Å². The molecular formula is C12H15NO3S. The van der Waals surface area contributed by atoms with Crippen LogP contribution in [-0.4, -0.2) is 36.6 Å². The quantitative estimate of drug-likeness (QED) is 0.770. The molecule has 1 aromatic carbocycles. The number of benzene rings is 1. The van der Waals surface area contributed by atoms with E-state index in [9.17, 15) is 5.11 Å². The van der Waals surface area contributed by atoms with Crippen molar-refractivity contribution in [2.75, 3.05) is 26.6 Å². The van der Waals surface area contributed by atoms with Gasteiger partial charge < -0.3 is 14.6 Å². The number of likely N-dealkylation sites (N-methyl/N-ethyl adjacent to an activating group) is 1.